The standard InChI is InChI=1S/C14H19NO/c1-4-11-16-13-8-6-5-7-12(13)9-10-14(2,3)15/h5-8H,4,11,15H2,1-3H3. The number of nitrogens with two attached hydrogens (primary N) is 1. The van der Waals surface area contributed by atoms with Gasteiger partial charge in [0.15, 0.2) is 0 Å². The van der Waals surface area contributed by atoms with Gasteiger partial charge in [-0.05, 0) is 32.4 Å². The predicted molar refractivity (Wildman–Crippen MR) is 67.4 cm³/mol. The van der Waals surface area contributed by atoms with Gasteiger partial charge in [-0.3, -0.25) is 0 Å². The first-order valence-electron chi connectivity index (χ1n) is 5.57. The summed E-state index contributed by atoms with van der Waals surface area (Å²) in [4.78, 5) is 0. The van der Waals surface area contributed by atoms with Crippen LogP contribution in [0.1, 0.15) is 32.8 Å². The fourth-order valence-corrected chi connectivity index (χ4v) is 1.14. The van der Waals surface area contributed by atoms with E-state index in [1.165, 1.54) is 0 Å². The number of para-hydroxylation sites is 1. The predicted octanol–water partition coefficient (Wildman–Crippen LogP) is 2.56. The fourth-order valence-electron chi connectivity index (χ4n) is 1.14. The van der Waals surface area contributed by atoms with Crippen molar-refractivity contribution in [2.75, 3.05) is 6.61 Å². The maximum atomic E-state index is 5.82. The van der Waals surface area contributed by atoms with Crippen LogP contribution in [-0.2, 0) is 0 Å². The fraction of sp³-hybridized carbons (Fsp3) is 0.429. The van der Waals surface area contributed by atoms with Crippen molar-refractivity contribution in [1.82, 2.24) is 0 Å². The Morgan fingerprint density at radius 1 is 1.31 bits per heavy atom. The van der Waals surface area contributed by atoms with Gasteiger partial charge in [0, 0.05) is 0 Å². The van der Waals surface area contributed by atoms with Crippen LogP contribution in [0.4, 0.5) is 0 Å². The first-order chi connectivity index (χ1) is 7.53. The maximum absolute atomic E-state index is 5.82. The SMILES string of the molecule is CCCOc1ccccc1C#CC(C)(C)N. The summed E-state index contributed by atoms with van der Waals surface area (Å²) in [7, 11) is 0. The molecule has 2 N–H and O–H groups in total. The third kappa shape index (κ3) is 4.37. The summed E-state index contributed by atoms with van der Waals surface area (Å²) in [6.45, 7) is 6.56. The Morgan fingerprint density at radius 2 is 2.00 bits per heavy atom. The van der Waals surface area contributed by atoms with Gasteiger partial charge in [0.1, 0.15) is 5.75 Å². The smallest absolute Gasteiger partial charge is 0.134 e. The van der Waals surface area contributed by atoms with E-state index in [-0.39, 0.29) is 0 Å². The minimum absolute atomic E-state index is 0.474. The highest BCUT2D eigenvalue weighted by atomic mass is 16.5. The molecular formula is C14H19NO. The molecule has 1 aromatic carbocycles. The average molecular weight is 217 g/mol. The average Bonchev–Trinajstić information content (AvgIpc) is 2.23. The Labute approximate surface area is 97.8 Å². The second-order valence-corrected chi connectivity index (χ2v) is 4.32. The summed E-state index contributed by atoms with van der Waals surface area (Å²) >= 11 is 0. The molecule has 0 aliphatic rings. The van der Waals surface area contributed by atoms with Crippen molar-refractivity contribution in [2.45, 2.75) is 32.7 Å². The van der Waals surface area contributed by atoms with Gasteiger partial charge < -0.3 is 10.5 Å². The van der Waals surface area contributed by atoms with Crippen LogP contribution in [-0.4, -0.2) is 12.1 Å². The third-order valence-electron chi connectivity index (χ3n) is 1.87. The van der Waals surface area contributed by atoms with Crippen LogP contribution in [0.15, 0.2) is 24.3 Å². The Bertz CT molecular complexity index is 393. The summed E-state index contributed by atoms with van der Waals surface area (Å²) in [5, 5.41) is 0. The molecule has 0 atom stereocenters. The topological polar surface area (TPSA) is 35.2 Å². The normalized spacial score (nSPS) is 10.5. The van der Waals surface area contributed by atoms with Gasteiger partial charge in [-0.15, -0.1) is 0 Å². The lowest BCUT2D eigenvalue weighted by molar-refractivity contribution is 0.316. The van der Waals surface area contributed by atoms with Gasteiger partial charge >= 0.3 is 0 Å². The largest absolute Gasteiger partial charge is 0.492 e. The molecule has 1 rings (SSSR count). The van der Waals surface area contributed by atoms with Crippen molar-refractivity contribution in [3.63, 3.8) is 0 Å². The highest BCUT2D eigenvalue weighted by Crippen LogP contribution is 2.17. The molecule has 16 heavy (non-hydrogen) atoms. The zero-order chi connectivity index (χ0) is 12.0. The lowest BCUT2D eigenvalue weighted by Crippen LogP contribution is -2.29. The Hall–Kier alpha value is -1.46. The Kier molecular flexibility index (Phi) is 4.39. The minimum atomic E-state index is -0.474. The number of ether oxygens (including phenoxy) is 1. The monoisotopic (exact) mass is 217 g/mol. The summed E-state index contributed by atoms with van der Waals surface area (Å²) in [6, 6.07) is 7.78. The van der Waals surface area contributed by atoms with Crippen LogP contribution in [0.3, 0.4) is 0 Å². The molecule has 0 bridgehead atoms. The number of benzene rings is 1. The van der Waals surface area contributed by atoms with Crippen molar-refractivity contribution in [2.24, 2.45) is 5.73 Å². The summed E-state index contributed by atoms with van der Waals surface area (Å²) in [5.74, 6) is 6.90. The quantitative estimate of drug-likeness (QED) is 0.790. The zero-order valence-corrected chi connectivity index (χ0v) is 10.2. The van der Waals surface area contributed by atoms with Crippen LogP contribution >= 0.6 is 0 Å². The van der Waals surface area contributed by atoms with Gasteiger partial charge in [-0.2, -0.15) is 0 Å². The maximum Gasteiger partial charge on any atom is 0.134 e. The van der Waals surface area contributed by atoms with Crippen LogP contribution in [0.5, 0.6) is 5.75 Å². The van der Waals surface area contributed by atoms with E-state index in [1.54, 1.807) is 0 Å². The molecule has 0 aromatic heterocycles. The molecule has 2 heteroatoms. The van der Waals surface area contributed by atoms with Crippen molar-refractivity contribution < 1.29 is 4.74 Å². The molecule has 0 aliphatic carbocycles. The highest BCUT2D eigenvalue weighted by molar-refractivity contribution is 5.46. The van der Waals surface area contributed by atoms with E-state index in [9.17, 15) is 0 Å². The number of hydrogen-bond donors (Lipinski definition) is 1. The number of rotatable bonds is 3. The molecule has 0 fully saturated rings. The van der Waals surface area contributed by atoms with Gasteiger partial charge in [0.05, 0.1) is 17.7 Å². The van der Waals surface area contributed by atoms with Crippen LogP contribution in [0, 0.1) is 11.8 Å². The van der Waals surface area contributed by atoms with Crippen LogP contribution in [0.2, 0.25) is 0 Å². The van der Waals surface area contributed by atoms with E-state index in [1.807, 2.05) is 38.1 Å². The molecule has 0 saturated heterocycles. The Morgan fingerprint density at radius 3 is 2.62 bits per heavy atom. The molecular weight excluding hydrogens is 198 g/mol. The van der Waals surface area contributed by atoms with E-state index in [0.717, 1.165) is 17.7 Å². The van der Waals surface area contributed by atoms with Crippen molar-refractivity contribution in [1.29, 1.82) is 0 Å². The molecule has 2 nitrogen and oxygen atoms in total. The second kappa shape index (κ2) is 5.58. The van der Waals surface area contributed by atoms with Crippen molar-refractivity contribution in [3.05, 3.63) is 29.8 Å². The van der Waals surface area contributed by atoms with Gasteiger partial charge in [-0.25, -0.2) is 0 Å². The summed E-state index contributed by atoms with van der Waals surface area (Å²) in [6.07, 6.45) is 0.990. The van der Waals surface area contributed by atoms with Gasteiger partial charge in [0.2, 0.25) is 0 Å². The van der Waals surface area contributed by atoms with Gasteiger partial charge in [-0.1, -0.05) is 30.9 Å². The summed E-state index contributed by atoms with van der Waals surface area (Å²) < 4.78 is 5.61. The van der Waals surface area contributed by atoms with Gasteiger partial charge in [0.25, 0.3) is 0 Å². The van der Waals surface area contributed by atoms with Crippen LogP contribution in [0.25, 0.3) is 0 Å². The molecule has 0 radical (unpaired) electrons. The summed E-state index contributed by atoms with van der Waals surface area (Å²) in [5.41, 5.74) is 6.24. The minimum Gasteiger partial charge on any atom is -0.492 e. The molecule has 0 spiro atoms. The molecule has 86 valence electrons. The molecule has 0 unspecified atom stereocenters. The molecule has 1 aromatic rings. The molecule has 0 heterocycles. The molecule has 0 amide bonds. The van der Waals surface area contributed by atoms with Crippen molar-refractivity contribution in [3.8, 4) is 17.6 Å². The second-order valence-electron chi connectivity index (χ2n) is 4.32. The van der Waals surface area contributed by atoms with E-state index in [4.69, 9.17) is 10.5 Å². The molecule has 0 saturated carbocycles. The number of hydrogen-bond acceptors (Lipinski definition) is 2. The molecule has 0 aliphatic heterocycles. The third-order valence-corrected chi connectivity index (χ3v) is 1.87. The lowest BCUT2D eigenvalue weighted by atomic mass is 10.1. The first kappa shape index (κ1) is 12.6. The van der Waals surface area contributed by atoms with Crippen LogP contribution < -0.4 is 10.5 Å². The van der Waals surface area contributed by atoms with Crippen molar-refractivity contribution >= 4 is 0 Å². The van der Waals surface area contributed by atoms with E-state index >= 15 is 0 Å². The highest BCUT2D eigenvalue weighted by Gasteiger charge is 2.05. The first-order valence-corrected chi connectivity index (χ1v) is 5.57. The lowest BCUT2D eigenvalue weighted by Gasteiger charge is -2.09. The van der Waals surface area contributed by atoms with E-state index in [2.05, 4.69) is 18.8 Å². The Balaban J connectivity index is 2.89. The van der Waals surface area contributed by atoms with E-state index < -0.39 is 5.54 Å². The van der Waals surface area contributed by atoms with E-state index in [0.29, 0.717) is 6.61 Å². The zero-order valence-electron chi connectivity index (χ0n) is 10.2.